The highest BCUT2D eigenvalue weighted by Gasteiger charge is 2.26. The van der Waals surface area contributed by atoms with Crippen molar-refractivity contribution in [1.29, 1.82) is 0 Å². The Balaban J connectivity index is 1.73. The zero-order valence-electron chi connectivity index (χ0n) is 17.3. The molecule has 0 heterocycles. The molecule has 0 fully saturated rings. The van der Waals surface area contributed by atoms with Crippen molar-refractivity contribution >= 4 is 15.9 Å². The average molecular weight is 441 g/mol. The van der Waals surface area contributed by atoms with Crippen molar-refractivity contribution in [2.24, 2.45) is 0 Å². The number of sulfonamides is 1. The number of carbonyl (C=O) groups excluding carboxylic acids is 1. The number of nitrogens with one attached hydrogen (secondary N) is 1. The van der Waals surface area contributed by atoms with Crippen LogP contribution in [0.5, 0.6) is 0 Å². The van der Waals surface area contributed by atoms with Gasteiger partial charge in [0.25, 0.3) is 0 Å². The van der Waals surface area contributed by atoms with E-state index in [9.17, 15) is 17.6 Å². The Labute approximate surface area is 182 Å². The molecule has 0 aliphatic carbocycles. The van der Waals surface area contributed by atoms with Gasteiger partial charge in [0.05, 0.1) is 11.4 Å². The summed E-state index contributed by atoms with van der Waals surface area (Å²) >= 11 is 0. The molecular weight excluding hydrogens is 415 g/mol. The van der Waals surface area contributed by atoms with E-state index in [4.69, 9.17) is 0 Å². The Morgan fingerprint density at radius 3 is 2.19 bits per heavy atom. The van der Waals surface area contributed by atoms with Gasteiger partial charge in [-0.05, 0) is 48.7 Å². The second kappa shape index (κ2) is 10.3. The number of hydrogen-bond acceptors (Lipinski definition) is 3. The summed E-state index contributed by atoms with van der Waals surface area (Å²) in [4.78, 5) is 12.7. The fraction of sp³-hybridized carbons (Fsp3) is 0.208. The molecule has 162 valence electrons. The van der Waals surface area contributed by atoms with Crippen molar-refractivity contribution in [1.82, 2.24) is 9.62 Å². The minimum Gasteiger partial charge on any atom is -0.355 e. The van der Waals surface area contributed by atoms with E-state index in [0.717, 1.165) is 15.4 Å². The number of rotatable bonds is 9. The zero-order valence-corrected chi connectivity index (χ0v) is 18.1. The van der Waals surface area contributed by atoms with Crippen LogP contribution in [0.4, 0.5) is 4.39 Å². The standard InChI is InChI=1S/C24H25FN2O3S/c1-19-7-13-23(14-8-19)31(29,30)27(17-21-9-11-22(25)12-10-21)18-24(28)26-16-15-20-5-3-2-4-6-20/h2-14H,15-18H2,1H3,(H,26,28). The maximum Gasteiger partial charge on any atom is 0.243 e. The molecule has 0 saturated carbocycles. The van der Waals surface area contributed by atoms with Gasteiger partial charge < -0.3 is 5.32 Å². The van der Waals surface area contributed by atoms with Gasteiger partial charge in [-0.3, -0.25) is 4.79 Å². The maximum absolute atomic E-state index is 13.3. The van der Waals surface area contributed by atoms with Crippen molar-refractivity contribution in [2.45, 2.75) is 24.8 Å². The molecule has 0 aromatic heterocycles. The number of carbonyl (C=O) groups is 1. The molecule has 0 aliphatic heterocycles. The zero-order chi connectivity index (χ0) is 22.3. The van der Waals surface area contributed by atoms with E-state index in [2.05, 4.69) is 5.32 Å². The van der Waals surface area contributed by atoms with Crippen LogP contribution in [-0.2, 0) is 27.8 Å². The third-order valence-corrected chi connectivity index (χ3v) is 6.64. The van der Waals surface area contributed by atoms with Crippen LogP contribution in [0.25, 0.3) is 0 Å². The maximum atomic E-state index is 13.3. The lowest BCUT2D eigenvalue weighted by Crippen LogP contribution is -2.40. The lowest BCUT2D eigenvalue weighted by atomic mass is 10.1. The second-order valence-corrected chi connectivity index (χ2v) is 9.24. The van der Waals surface area contributed by atoms with Crippen LogP contribution in [0.15, 0.2) is 83.8 Å². The highest BCUT2D eigenvalue weighted by molar-refractivity contribution is 7.89. The summed E-state index contributed by atoms with van der Waals surface area (Å²) in [5, 5.41) is 2.78. The summed E-state index contributed by atoms with van der Waals surface area (Å²) in [6.45, 7) is 1.90. The highest BCUT2D eigenvalue weighted by atomic mass is 32.2. The Kier molecular flexibility index (Phi) is 7.55. The van der Waals surface area contributed by atoms with Gasteiger partial charge in [-0.2, -0.15) is 4.31 Å². The molecule has 0 aliphatic rings. The number of benzene rings is 3. The van der Waals surface area contributed by atoms with E-state index in [-0.39, 0.29) is 18.0 Å². The summed E-state index contributed by atoms with van der Waals surface area (Å²) in [6.07, 6.45) is 0.648. The minimum absolute atomic E-state index is 0.0391. The van der Waals surface area contributed by atoms with Gasteiger partial charge in [0.2, 0.25) is 15.9 Å². The van der Waals surface area contributed by atoms with Gasteiger partial charge in [-0.15, -0.1) is 0 Å². The predicted octanol–water partition coefficient (Wildman–Crippen LogP) is 3.68. The minimum atomic E-state index is -3.92. The van der Waals surface area contributed by atoms with E-state index < -0.39 is 21.7 Å². The van der Waals surface area contributed by atoms with E-state index in [1.165, 1.54) is 36.4 Å². The quantitative estimate of drug-likeness (QED) is 0.552. The molecule has 0 atom stereocenters. The average Bonchev–Trinajstić information content (AvgIpc) is 2.76. The smallest absolute Gasteiger partial charge is 0.243 e. The first-order chi connectivity index (χ1) is 14.8. The van der Waals surface area contributed by atoms with Crippen molar-refractivity contribution < 1.29 is 17.6 Å². The topological polar surface area (TPSA) is 66.5 Å². The molecule has 0 saturated heterocycles. The van der Waals surface area contributed by atoms with Crippen LogP contribution < -0.4 is 5.32 Å². The molecule has 7 heteroatoms. The Bertz CT molecular complexity index is 1100. The fourth-order valence-electron chi connectivity index (χ4n) is 3.09. The van der Waals surface area contributed by atoms with Crippen molar-refractivity contribution in [3.63, 3.8) is 0 Å². The van der Waals surface area contributed by atoms with E-state index >= 15 is 0 Å². The first-order valence-corrected chi connectivity index (χ1v) is 11.4. The molecule has 0 unspecified atom stereocenters. The van der Waals surface area contributed by atoms with Crippen LogP contribution in [0.2, 0.25) is 0 Å². The van der Waals surface area contributed by atoms with Crippen molar-refractivity contribution in [3.8, 4) is 0 Å². The molecule has 0 radical (unpaired) electrons. The molecule has 0 spiro atoms. The van der Waals surface area contributed by atoms with Crippen LogP contribution in [0.1, 0.15) is 16.7 Å². The molecule has 3 aromatic carbocycles. The third kappa shape index (κ3) is 6.47. The number of halogens is 1. The fourth-order valence-corrected chi connectivity index (χ4v) is 4.47. The molecular formula is C24H25FN2O3S. The van der Waals surface area contributed by atoms with Crippen LogP contribution >= 0.6 is 0 Å². The lowest BCUT2D eigenvalue weighted by Gasteiger charge is -2.22. The van der Waals surface area contributed by atoms with Crippen molar-refractivity contribution in [2.75, 3.05) is 13.1 Å². The van der Waals surface area contributed by atoms with Crippen LogP contribution in [0.3, 0.4) is 0 Å². The van der Waals surface area contributed by atoms with E-state index in [1.54, 1.807) is 12.1 Å². The Morgan fingerprint density at radius 2 is 1.55 bits per heavy atom. The molecule has 31 heavy (non-hydrogen) atoms. The molecule has 3 rings (SSSR count). The first-order valence-electron chi connectivity index (χ1n) is 9.96. The number of hydrogen-bond donors (Lipinski definition) is 1. The molecule has 3 aromatic rings. The predicted molar refractivity (Wildman–Crippen MR) is 118 cm³/mol. The third-order valence-electron chi connectivity index (χ3n) is 4.83. The van der Waals surface area contributed by atoms with Gasteiger partial charge in [0.1, 0.15) is 5.82 Å². The summed E-state index contributed by atoms with van der Waals surface area (Å²) in [5.41, 5.74) is 2.61. The monoisotopic (exact) mass is 440 g/mol. The molecule has 5 nitrogen and oxygen atoms in total. The summed E-state index contributed by atoms with van der Waals surface area (Å²) in [6, 6.07) is 21.7. The van der Waals surface area contributed by atoms with Gasteiger partial charge in [-0.25, -0.2) is 12.8 Å². The lowest BCUT2D eigenvalue weighted by molar-refractivity contribution is -0.121. The highest BCUT2D eigenvalue weighted by Crippen LogP contribution is 2.19. The summed E-state index contributed by atoms with van der Waals surface area (Å²) in [5.74, 6) is -0.802. The molecule has 1 N–H and O–H groups in total. The summed E-state index contributed by atoms with van der Waals surface area (Å²) in [7, 11) is -3.92. The first kappa shape index (κ1) is 22.7. The van der Waals surface area contributed by atoms with Crippen molar-refractivity contribution in [3.05, 3.63) is 101 Å². The Hall–Kier alpha value is -3.03. The largest absolute Gasteiger partial charge is 0.355 e. The van der Waals surface area contributed by atoms with Crippen LogP contribution in [0, 0.1) is 12.7 Å². The molecule has 1 amide bonds. The van der Waals surface area contributed by atoms with Gasteiger partial charge in [0.15, 0.2) is 0 Å². The molecule has 0 bridgehead atoms. The Morgan fingerprint density at radius 1 is 0.903 bits per heavy atom. The van der Waals surface area contributed by atoms with Gasteiger partial charge in [0, 0.05) is 13.1 Å². The normalized spacial score (nSPS) is 11.5. The number of nitrogens with zero attached hydrogens (tertiary/aromatic N) is 1. The van der Waals surface area contributed by atoms with Gasteiger partial charge >= 0.3 is 0 Å². The number of aryl methyl sites for hydroxylation is 1. The van der Waals surface area contributed by atoms with E-state index in [1.807, 2.05) is 37.3 Å². The van der Waals surface area contributed by atoms with Gasteiger partial charge in [-0.1, -0.05) is 60.2 Å². The van der Waals surface area contributed by atoms with E-state index in [0.29, 0.717) is 18.5 Å². The summed E-state index contributed by atoms with van der Waals surface area (Å²) < 4.78 is 40.8. The SMILES string of the molecule is Cc1ccc(S(=O)(=O)N(CC(=O)NCCc2ccccc2)Cc2ccc(F)cc2)cc1. The second-order valence-electron chi connectivity index (χ2n) is 7.30. The number of amides is 1. The van der Waals surface area contributed by atoms with Crippen LogP contribution in [-0.4, -0.2) is 31.7 Å².